The minimum Gasteiger partial charge on any atom is -0.391 e. The Kier molecular flexibility index (Phi) is 7.28. The summed E-state index contributed by atoms with van der Waals surface area (Å²) in [6.45, 7) is 16.6. The van der Waals surface area contributed by atoms with Gasteiger partial charge in [0.1, 0.15) is 5.54 Å². The fraction of sp³-hybridized carbons (Fsp3) is 0.833. The summed E-state index contributed by atoms with van der Waals surface area (Å²) in [5.74, 6) is -0.238. The minimum atomic E-state index is -0.972. The molecule has 0 heterocycles. The van der Waals surface area contributed by atoms with Gasteiger partial charge in [0.05, 0.1) is 17.2 Å². The molecule has 25 heavy (non-hydrogen) atoms. The van der Waals surface area contributed by atoms with Crippen molar-refractivity contribution in [3.63, 3.8) is 0 Å². The second-order valence-electron chi connectivity index (χ2n) is 8.50. The fourth-order valence-electron chi connectivity index (χ4n) is 2.11. The minimum absolute atomic E-state index is 0.238. The molecule has 1 unspecified atom stereocenters. The zero-order valence-corrected chi connectivity index (χ0v) is 17.4. The zero-order chi connectivity index (χ0) is 20.3. The number of carbonyl (C=O) groups excluding carboxylic acids is 1. The van der Waals surface area contributed by atoms with Gasteiger partial charge in [-0.15, -0.1) is 0 Å². The van der Waals surface area contributed by atoms with Crippen molar-refractivity contribution < 1.29 is 9.90 Å². The number of rotatable bonds is 8. The molecule has 2 atom stereocenters. The Balaban J connectivity index is 5.84. The smallest absolute Gasteiger partial charge is 0.244 e. The second-order valence-corrected chi connectivity index (χ2v) is 8.50. The topological polar surface area (TPSA) is 110 Å². The van der Waals surface area contributed by atoms with Gasteiger partial charge in [-0.05, 0) is 52.6 Å². The van der Waals surface area contributed by atoms with Crippen LogP contribution in [-0.2, 0) is 4.79 Å². The molecule has 0 spiro atoms. The van der Waals surface area contributed by atoms with Crippen molar-refractivity contribution in [3.05, 3.63) is 22.1 Å². The summed E-state index contributed by atoms with van der Waals surface area (Å²) in [4.78, 5) is 15.8. The maximum atomic E-state index is 12.8. The van der Waals surface area contributed by atoms with Gasteiger partial charge in [-0.3, -0.25) is 4.79 Å². The molecule has 0 aliphatic carbocycles. The molecule has 0 saturated heterocycles. The van der Waals surface area contributed by atoms with Gasteiger partial charge in [0, 0.05) is 4.91 Å². The van der Waals surface area contributed by atoms with E-state index in [4.69, 9.17) is 5.53 Å². The SMILES string of the molecule is CN[C@@](C)(/C=C(\C)C(C)(C)C(C)(C)N=[N+]=[N-])C(=O)NC(C)(C)C(C)O. The molecule has 7 nitrogen and oxygen atoms in total. The predicted molar refractivity (Wildman–Crippen MR) is 102 cm³/mol. The highest BCUT2D eigenvalue weighted by Crippen LogP contribution is 2.41. The highest BCUT2D eigenvalue weighted by atomic mass is 16.3. The van der Waals surface area contributed by atoms with Crippen LogP contribution in [0.3, 0.4) is 0 Å². The van der Waals surface area contributed by atoms with Crippen LogP contribution in [-0.4, -0.2) is 40.8 Å². The average molecular weight is 354 g/mol. The van der Waals surface area contributed by atoms with Crippen molar-refractivity contribution in [2.24, 2.45) is 10.5 Å². The first-order valence-corrected chi connectivity index (χ1v) is 8.53. The van der Waals surface area contributed by atoms with E-state index in [1.54, 1.807) is 34.7 Å². The maximum absolute atomic E-state index is 12.8. The van der Waals surface area contributed by atoms with Crippen LogP contribution < -0.4 is 10.6 Å². The van der Waals surface area contributed by atoms with Gasteiger partial charge >= 0.3 is 0 Å². The summed E-state index contributed by atoms with van der Waals surface area (Å²) in [6, 6.07) is 0. The molecule has 0 aliphatic heterocycles. The summed E-state index contributed by atoms with van der Waals surface area (Å²) < 4.78 is 0. The molecule has 0 aromatic carbocycles. The van der Waals surface area contributed by atoms with Crippen LogP contribution in [0.4, 0.5) is 0 Å². The van der Waals surface area contributed by atoms with E-state index in [-0.39, 0.29) is 5.91 Å². The molecular formula is C18H35N5O2. The third-order valence-corrected chi connectivity index (χ3v) is 5.79. The zero-order valence-electron chi connectivity index (χ0n) is 17.4. The summed E-state index contributed by atoms with van der Waals surface area (Å²) >= 11 is 0. The number of azide groups is 1. The van der Waals surface area contributed by atoms with Crippen LogP contribution in [0.5, 0.6) is 0 Å². The lowest BCUT2D eigenvalue weighted by molar-refractivity contribution is -0.128. The molecule has 0 aromatic rings. The summed E-state index contributed by atoms with van der Waals surface area (Å²) in [7, 11) is 1.71. The Hall–Kier alpha value is -1.56. The first-order valence-electron chi connectivity index (χ1n) is 8.53. The number of hydrogen-bond donors (Lipinski definition) is 3. The molecule has 0 aliphatic rings. The predicted octanol–water partition coefficient (Wildman–Crippen LogP) is 3.30. The van der Waals surface area contributed by atoms with Crippen LogP contribution in [0.15, 0.2) is 16.8 Å². The highest BCUT2D eigenvalue weighted by molar-refractivity contribution is 5.88. The van der Waals surface area contributed by atoms with Gasteiger partial charge in [0.15, 0.2) is 0 Å². The van der Waals surface area contributed by atoms with E-state index < -0.39 is 28.1 Å². The van der Waals surface area contributed by atoms with Gasteiger partial charge < -0.3 is 15.7 Å². The average Bonchev–Trinajstić information content (AvgIpc) is 2.45. The Morgan fingerprint density at radius 3 is 2.04 bits per heavy atom. The van der Waals surface area contributed by atoms with Gasteiger partial charge in [-0.1, -0.05) is 44.5 Å². The number of amides is 1. The van der Waals surface area contributed by atoms with E-state index in [0.717, 1.165) is 5.57 Å². The molecular weight excluding hydrogens is 318 g/mol. The summed E-state index contributed by atoms with van der Waals surface area (Å²) in [5, 5.41) is 19.7. The van der Waals surface area contributed by atoms with Crippen LogP contribution in [0.25, 0.3) is 10.4 Å². The first kappa shape index (κ1) is 23.4. The van der Waals surface area contributed by atoms with Crippen LogP contribution >= 0.6 is 0 Å². The van der Waals surface area contributed by atoms with Crippen molar-refractivity contribution in [2.45, 2.75) is 85.0 Å². The third-order valence-electron chi connectivity index (χ3n) is 5.79. The number of nitrogens with one attached hydrogen (secondary N) is 2. The molecule has 0 fully saturated rings. The molecule has 0 saturated carbocycles. The molecule has 144 valence electrons. The van der Waals surface area contributed by atoms with E-state index in [1.807, 2.05) is 40.7 Å². The number of likely N-dealkylation sites (N-methyl/N-ethyl adjacent to an activating group) is 1. The normalized spacial score (nSPS) is 17.3. The second kappa shape index (κ2) is 7.77. The van der Waals surface area contributed by atoms with Gasteiger partial charge in [0.25, 0.3) is 0 Å². The number of hydrogen-bond acceptors (Lipinski definition) is 4. The highest BCUT2D eigenvalue weighted by Gasteiger charge is 2.41. The number of aliphatic hydroxyl groups excluding tert-OH is 1. The van der Waals surface area contributed by atoms with Crippen molar-refractivity contribution in [3.8, 4) is 0 Å². The van der Waals surface area contributed by atoms with E-state index in [9.17, 15) is 9.90 Å². The lowest BCUT2D eigenvalue weighted by Gasteiger charge is -2.41. The van der Waals surface area contributed by atoms with E-state index in [2.05, 4.69) is 20.7 Å². The van der Waals surface area contributed by atoms with E-state index >= 15 is 0 Å². The summed E-state index contributed by atoms with van der Waals surface area (Å²) in [5.41, 5.74) is 6.91. The maximum Gasteiger partial charge on any atom is 0.244 e. The van der Waals surface area contributed by atoms with Crippen molar-refractivity contribution in [1.82, 2.24) is 10.6 Å². The Morgan fingerprint density at radius 1 is 1.20 bits per heavy atom. The van der Waals surface area contributed by atoms with Gasteiger partial charge in [-0.2, -0.15) is 0 Å². The van der Waals surface area contributed by atoms with Crippen molar-refractivity contribution in [2.75, 3.05) is 7.05 Å². The van der Waals surface area contributed by atoms with Crippen LogP contribution in [0, 0.1) is 5.41 Å². The van der Waals surface area contributed by atoms with Crippen molar-refractivity contribution in [1.29, 1.82) is 0 Å². The van der Waals surface area contributed by atoms with Crippen LogP contribution in [0.2, 0.25) is 0 Å². The molecule has 3 N–H and O–H groups in total. The summed E-state index contributed by atoms with van der Waals surface area (Å²) in [6.07, 6.45) is 1.16. The fourth-order valence-corrected chi connectivity index (χ4v) is 2.11. The molecule has 1 amide bonds. The third kappa shape index (κ3) is 5.21. The van der Waals surface area contributed by atoms with Gasteiger partial charge in [0.2, 0.25) is 5.91 Å². The van der Waals surface area contributed by atoms with Crippen molar-refractivity contribution >= 4 is 5.91 Å². The van der Waals surface area contributed by atoms with E-state index in [0.29, 0.717) is 0 Å². The largest absolute Gasteiger partial charge is 0.391 e. The Bertz CT molecular complexity index is 572. The monoisotopic (exact) mass is 353 g/mol. The molecule has 0 rings (SSSR count). The van der Waals surface area contributed by atoms with Crippen LogP contribution in [0.1, 0.15) is 62.3 Å². The quantitative estimate of drug-likeness (QED) is 0.269. The molecule has 0 aromatic heterocycles. The Morgan fingerprint density at radius 2 is 1.68 bits per heavy atom. The lowest BCUT2D eigenvalue weighted by atomic mass is 9.69. The van der Waals surface area contributed by atoms with Gasteiger partial charge in [-0.25, -0.2) is 0 Å². The number of carbonyl (C=O) groups is 1. The molecule has 0 bridgehead atoms. The Labute approximate surface area is 151 Å². The van der Waals surface area contributed by atoms with E-state index in [1.165, 1.54) is 0 Å². The molecule has 7 heteroatoms. The molecule has 0 radical (unpaired) electrons. The standard InChI is InChI=1S/C18H35N5O2/c1-12(15(3,4)17(7,8)22-23-19)11-18(9,20-10)14(25)21-16(5,6)13(2)24/h11,13,20,24H,1-10H3,(H,21,25)/b12-11+/t13?,18-/m0/s1. The number of aliphatic hydroxyl groups is 1. The lowest BCUT2D eigenvalue weighted by Crippen LogP contribution is -2.60. The first-order chi connectivity index (χ1) is 11.1. The number of nitrogens with zero attached hydrogens (tertiary/aromatic N) is 3.